The number of morpholine rings is 1. The van der Waals surface area contributed by atoms with E-state index in [-0.39, 0.29) is 17.2 Å². The summed E-state index contributed by atoms with van der Waals surface area (Å²) < 4.78 is 21.2. The van der Waals surface area contributed by atoms with Gasteiger partial charge in [0, 0.05) is 30.9 Å². The third kappa shape index (κ3) is 6.16. The van der Waals surface area contributed by atoms with Gasteiger partial charge in [-0.3, -0.25) is 14.6 Å². The molecule has 0 unspecified atom stereocenters. The van der Waals surface area contributed by atoms with Crippen LogP contribution in [0.2, 0.25) is 0 Å². The van der Waals surface area contributed by atoms with Crippen molar-refractivity contribution in [1.29, 1.82) is 0 Å². The third-order valence-corrected chi connectivity index (χ3v) is 7.09. The van der Waals surface area contributed by atoms with Crippen LogP contribution in [-0.2, 0) is 4.74 Å². The Morgan fingerprint density at radius 1 is 1.08 bits per heavy atom. The van der Waals surface area contributed by atoms with Gasteiger partial charge in [0.1, 0.15) is 5.82 Å². The van der Waals surface area contributed by atoms with Gasteiger partial charge in [0.05, 0.1) is 42.7 Å². The third-order valence-electron chi connectivity index (χ3n) is 7.09. The summed E-state index contributed by atoms with van der Waals surface area (Å²) in [4.78, 5) is 32.0. The molecule has 2 aromatic heterocycles. The van der Waals surface area contributed by atoms with Crippen LogP contribution in [0.15, 0.2) is 36.7 Å². The number of hydrogen-bond donors (Lipinski definition) is 2. The van der Waals surface area contributed by atoms with Gasteiger partial charge < -0.3 is 20.3 Å². The quantitative estimate of drug-likeness (QED) is 0.489. The summed E-state index contributed by atoms with van der Waals surface area (Å²) in [5.41, 5.74) is 2.67. The summed E-state index contributed by atoms with van der Waals surface area (Å²) in [7, 11) is 0. The number of amides is 2. The molecule has 1 aliphatic heterocycles. The molecule has 2 amide bonds. The number of rotatable bonds is 7. The highest BCUT2D eigenvalue weighted by molar-refractivity contribution is 6.05. The Hall–Kier alpha value is -3.86. The number of aryl methyl sites for hydroxylation is 1. The Balaban J connectivity index is 1.27. The SMILES string of the molecule is Cc1ncc(NC(=O)c2cc(F)cc(N3CCOCC3)c2)cc1-n1cc(C(=O)NCC2CCCCC2)nn1. The highest BCUT2D eigenvalue weighted by atomic mass is 19.1. The number of carbonyl (C=O) groups is 2. The fraction of sp³-hybridized carbons (Fsp3) is 0.444. The summed E-state index contributed by atoms with van der Waals surface area (Å²) >= 11 is 0. The fourth-order valence-corrected chi connectivity index (χ4v) is 4.94. The average Bonchev–Trinajstić information content (AvgIpc) is 3.44. The van der Waals surface area contributed by atoms with Crippen molar-refractivity contribution in [3.05, 3.63) is 59.4 Å². The van der Waals surface area contributed by atoms with Crippen LogP contribution >= 0.6 is 0 Å². The van der Waals surface area contributed by atoms with Gasteiger partial charge >= 0.3 is 0 Å². The topological polar surface area (TPSA) is 114 Å². The van der Waals surface area contributed by atoms with Gasteiger partial charge in [-0.2, -0.15) is 0 Å². The van der Waals surface area contributed by atoms with E-state index in [1.807, 2.05) is 4.90 Å². The molecule has 200 valence electrons. The molecule has 11 heteroatoms. The van der Waals surface area contributed by atoms with Gasteiger partial charge in [-0.15, -0.1) is 5.10 Å². The summed E-state index contributed by atoms with van der Waals surface area (Å²) in [6.07, 6.45) is 9.04. The van der Waals surface area contributed by atoms with Gasteiger partial charge in [-0.05, 0) is 49.9 Å². The molecule has 1 saturated heterocycles. The lowest BCUT2D eigenvalue weighted by molar-refractivity contribution is 0.0937. The van der Waals surface area contributed by atoms with E-state index in [1.165, 1.54) is 42.3 Å². The van der Waals surface area contributed by atoms with E-state index >= 15 is 0 Å². The number of pyridine rings is 1. The molecule has 0 atom stereocenters. The Morgan fingerprint density at radius 3 is 2.66 bits per heavy atom. The van der Waals surface area contributed by atoms with Crippen LogP contribution in [-0.4, -0.2) is 64.6 Å². The minimum atomic E-state index is -0.487. The Labute approximate surface area is 220 Å². The molecule has 1 aliphatic carbocycles. The van der Waals surface area contributed by atoms with Gasteiger partial charge in [0.2, 0.25) is 0 Å². The van der Waals surface area contributed by atoms with E-state index in [2.05, 4.69) is 25.9 Å². The predicted octanol–water partition coefficient (Wildman–Crippen LogP) is 3.51. The fourth-order valence-electron chi connectivity index (χ4n) is 4.94. The molecule has 1 saturated carbocycles. The lowest BCUT2D eigenvalue weighted by atomic mass is 9.89. The number of anilines is 2. The molecule has 38 heavy (non-hydrogen) atoms. The zero-order valence-corrected chi connectivity index (χ0v) is 21.5. The van der Waals surface area contributed by atoms with Crippen LogP contribution in [0.3, 0.4) is 0 Å². The van der Waals surface area contributed by atoms with Crippen molar-refractivity contribution in [3.8, 4) is 5.69 Å². The van der Waals surface area contributed by atoms with Crippen LogP contribution in [0.1, 0.15) is 58.6 Å². The number of aromatic nitrogens is 4. The van der Waals surface area contributed by atoms with Crippen molar-refractivity contribution in [2.75, 3.05) is 43.1 Å². The van der Waals surface area contributed by atoms with E-state index in [1.54, 1.807) is 25.3 Å². The number of nitrogens with one attached hydrogen (secondary N) is 2. The summed E-state index contributed by atoms with van der Waals surface area (Å²) in [6, 6.07) is 5.99. The molecule has 0 radical (unpaired) electrons. The van der Waals surface area contributed by atoms with E-state index in [4.69, 9.17) is 4.74 Å². The number of halogens is 1. The lowest BCUT2D eigenvalue weighted by Gasteiger charge is -2.29. The zero-order chi connectivity index (χ0) is 26.5. The van der Waals surface area contributed by atoms with Crippen molar-refractivity contribution < 1.29 is 18.7 Å². The normalized spacial score (nSPS) is 16.3. The van der Waals surface area contributed by atoms with Gasteiger partial charge in [-0.25, -0.2) is 9.07 Å². The number of ether oxygens (including phenoxy) is 1. The highest BCUT2D eigenvalue weighted by Crippen LogP contribution is 2.24. The molecule has 3 aromatic rings. The van der Waals surface area contributed by atoms with Crippen molar-refractivity contribution >= 4 is 23.2 Å². The first-order valence-electron chi connectivity index (χ1n) is 13.1. The van der Waals surface area contributed by atoms with Crippen LogP contribution in [0.25, 0.3) is 5.69 Å². The molecule has 1 aromatic carbocycles. The molecule has 5 rings (SSSR count). The lowest BCUT2D eigenvalue weighted by Crippen LogP contribution is -2.36. The minimum Gasteiger partial charge on any atom is -0.378 e. The molecule has 2 fully saturated rings. The number of carbonyl (C=O) groups excluding carboxylic acids is 2. The van der Waals surface area contributed by atoms with E-state index in [9.17, 15) is 14.0 Å². The second-order valence-corrected chi connectivity index (χ2v) is 9.84. The highest BCUT2D eigenvalue weighted by Gasteiger charge is 2.19. The van der Waals surface area contributed by atoms with Crippen molar-refractivity contribution in [2.45, 2.75) is 39.0 Å². The molecule has 2 N–H and O–H groups in total. The molecule has 0 spiro atoms. The maximum atomic E-state index is 14.3. The maximum absolute atomic E-state index is 14.3. The second-order valence-electron chi connectivity index (χ2n) is 9.84. The summed E-state index contributed by atoms with van der Waals surface area (Å²) in [6.45, 7) is 4.82. The van der Waals surface area contributed by atoms with Gasteiger partial charge in [0.25, 0.3) is 11.8 Å². The molecular weight excluding hydrogens is 489 g/mol. The first-order chi connectivity index (χ1) is 18.5. The standard InChI is InChI=1S/C27H32FN7O3/c1-18-25(35-17-24(32-33-35)27(37)30-15-19-5-3-2-4-6-19)14-22(16-29-18)31-26(36)20-11-21(28)13-23(12-20)34-7-9-38-10-8-34/h11-14,16-17,19H,2-10,15H2,1H3,(H,30,37)(H,31,36). The van der Waals surface area contributed by atoms with Crippen molar-refractivity contribution in [3.63, 3.8) is 0 Å². The Morgan fingerprint density at radius 2 is 1.87 bits per heavy atom. The molecule has 10 nitrogen and oxygen atoms in total. The summed E-state index contributed by atoms with van der Waals surface area (Å²) in [5.74, 6) is -0.702. The first kappa shape index (κ1) is 25.8. The number of hydrogen-bond acceptors (Lipinski definition) is 7. The molecular formula is C27H32FN7O3. The van der Waals surface area contributed by atoms with E-state index in [0.717, 1.165) is 12.8 Å². The monoisotopic (exact) mass is 521 g/mol. The molecule has 0 bridgehead atoms. The number of benzene rings is 1. The summed E-state index contributed by atoms with van der Waals surface area (Å²) in [5, 5.41) is 13.9. The molecule has 2 aliphatic rings. The average molecular weight is 522 g/mol. The number of nitrogens with zero attached hydrogens (tertiary/aromatic N) is 5. The van der Waals surface area contributed by atoms with Crippen LogP contribution < -0.4 is 15.5 Å². The minimum absolute atomic E-state index is 0.200. The van der Waals surface area contributed by atoms with E-state index < -0.39 is 11.7 Å². The van der Waals surface area contributed by atoms with E-state index in [0.29, 0.717) is 61.5 Å². The van der Waals surface area contributed by atoms with Crippen molar-refractivity contribution in [2.24, 2.45) is 5.92 Å². The molecule has 3 heterocycles. The largest absolute Gasteiger partial charge is 0.378 e. The van der Waals surface area contributed by atoms with Crippen LogP contribution in [0.4, 0.5) is 15.8 Å². The van der Waals surface area contributed by atoms with Crippen LogP contribution in [0.5, 0.6) is 0 Å². The van der Waals surface area contributed by atoms with Gasteiger partial charge in [-0.1, -0.05) is 24.5 Å². The van der Waals surface area contributed by atoms with Gasteiger partial charge in [0.15, 0.2) is 5.69 Å². The predicted molar refractivity (Wildman–Crippen MR) is 140 cm³/mol. The Bertz CT molecular complexity index is 1300. The first-order valence-corrected chi connectivity index (χ1v) is 13.1. The second kappa shape index (κ2) is 11.7. The smallest absolute Gasteiger partial charge is 0.273 e. The van der Waals surface area contributed by atoms with Crippen molar-refractivity contribution in [1.82, 2.24) is 25.3 Å². The van der Waals surface area contributed by atoms with Crippen LogP contribution in [0, 0.1) is 18.7 Å². The zero-order valence-electron chi connectivity index (χ0n) is 21.5. The maximum Gasteiger partial charge on any atom is 0.273 e. The Kier molecular flexibility index (Phi) is 7.92.